The van der Waals surface area contributed by atoms with Crippen LogP contribution in [0.2, 0.25) is 0 Å². The number of ether oxygens (including phenoxy) is 1. The fourth-order valence-corrected chi connectivity index (χ4v) is 2.43. The Morgan fingerprint density at radius 3 is 2.55 bits per heavy atom. The second-order valence-corrected chi connectivity index (χ2v) is 5.63. The maximum absolute atomic E-state index is 11.8. The van der Waals surface area contributed by atoms with Gasteiger partial charge in [-0.1, -0.05) is 57.0 Å². The summed E-state index contributed by atoms with van der Waals surface area (Å²) in [5.41, 5.74) is 0.895. The largest absolute Gasteiger partial charge is 0.481 e. The molecule has 2 N–H and O–H groups in total. The van der Waals surface area contributed by atoms with Crippen molar-refractivity contribution < 1.29 is 19.4 Å². The maximum atomic E-state index is 11.8. The molecule has 0 saturated carbocycles. The van der Waals surface area contributed by atoms with Gasteiger partial charge < -0.3 is 15.2 Å². The molecule has 0 saturated heterocycles. The smallest absolute Gasteiger partial charge is 0.407 e. The van der Waals surface area contributed by atoms with E-state index in [-0.39, 0.29) is 13.0 Å². The molecule has 0 aliphatic carbocycles. The molecule has 5 nitrogen and oxygen atoms in total. The first-order valence-electron chi connectivity index (χ1n) is 7.70. The van der Waals surface area contributed by atoms with Crippen LogP contribution in [0.5, 0.6) is 0 Å². The molecule has 0 aromatic heterocycles. The van der Waals surface area contributed by atoms with Gasteiger partial charge in [-0.3, -0.25) is 4.79 Å². The van der Waals surface area contributed by atoms with Crippen LogP contribution >= 0.6 is 0 Å². The van der Waals surface area contributed by atoms with Gasteiger partial charge in [-0.2, -0.15) is 0 Å². The van der Waals surface area contributed by atoms with Crippen LogP contribution in [0.4, 0.5) is 4.79 Å². The normalized spacial score (nSPS) is 13.2. The van der Waals surface area contributed by atoms with E-state index in [0.717, 1.165) is 18.4 Å². The summed E-state index contributed by atoms with van der Waals surface area (Å²) in [5.74, 6) is -0.555. The quantitative estimate of drug-likeness (QED) is 0.731. The number of hydrogen-bond acceptors (Lipinski definition) is 3. The second-order valence-electron chi connectivity index (χ2n) is 5.63. The Kier molecular flexibility index (Phi) is 8.04. The minimum absolute atomic E-state index is 0.0888. The van der Waals surface area contributed by atoms with Crippen LogP contribution in [0.1, 0.15) is 45.1 Å². The Bertz CT molecular complexity index is 461. The van der Waals surface area contributed by atoms with E-state index in [1.165, 1.54) is 0 Å². The van der Waals surface area contributed by atoms with Crippen LogP contribution < -0.4 is 5.32 Å². The molecule has 0 heterocycles. The standard InChI is InChI=1S/C17H25NO4/c1-3-7-13(2)10-15(11-16(19)20)18-17(21)22-12-14-8-5-4-6-9-14/h4-6,8-9,13,15H,3,7,10-12H2,1-2H3,(H,18,21)(H,19,20)/t13-,15+/m1/s1. The Labute approximate surface area is 131 Å². The SMILES string of the molecule is CCC[C@@H](C)C[C@@H](CC(=O)O)NC(=O)OCc1ccccc1. The van der Waals surface area contributed by atoms with Gasteiger partial charge in [-0.15, -0.1) is 0 Å². The summed E-state index contributed by atoms with van der Waals surface area (Å²) in [4.78, 5) is 22.7. The number of alkyl carbamates (subject to hydrolysis) is 1. The van der Waals surface area contributed by atoms with Gasteiger partial charge >= 0.3 is 12.1 Å². The van der Waals surface area contributed by atoms with Crippen LogP contribution in [0.15, 0.2) is 30.3 Å². The predicted molar refractivity (Wildman–Crippen MR) is 84.5 cm³/mol. The monoisotopic (exact) mass is 307 g/mol. The van der Waals surface area contributed by atoms with Crippen LogP contribution in [0.25, 0.3) is 0 Å². The molecule has 0 fully saturated rings. The second kappa shape index (κ2) is 9.82. The van der Waals surface area contributed by atoms with E-state index < -0.39 is 18.1 Å². The summed E-state index contributed by atoms with van der Waals surface area (Å²) in [5, 5.41) is 11.6. The highest BCUT2D eigenvalue weighted by Crippen LogP contribution is 2.15. The van der Waals surface area contributed by atoms with Crippen LogP contribution in [-0.4, -0.2) is 23.2 Å². The topological polar surface area (TPSA) is 75.6 Å². The molecule has 122 valence electrons. The molecule has 1 aromatic carbocycles. The molecular weight excluding hydrogens is 282 g/mol. The van der Waals surface area contributed by atoms with Gasteiger partial charge in [0.2, 0.25) is 0 Å². The predicted octanol–water partition coefficient (Wildman–Crippen LogP) is 3.58. The Morgan fingerprint density at radius 1 is 1.27 bits per heavy atom. The number of carboxylic acid groups (broad SMARTS) is 1. The van der Waals surface area contributed by atoms with Crippen molar-refractivity contribution >= 4 is 12.1 Å². The fraction of sp³-hybridized carbons (Fsp3) is 0.529. The highest BCUT2D eigenvalue weighted by molar-refractivity contribution is 5.71. The van der Waals surface area contributed by atoms with Crippen molar-refractivity contribution in [2.24, 2.45) is 5.92 Å². The van der Waals surface area contributed by atoms with Gasteiger partial charge in [0.1, 0.15) is 6.61 Å². The van der Waals surface area contributed by atoms with Crippen molar-refractivity contribution in [3.8, 4) is 0 Å². The number of aliphatic carboxylic acids is 1. The third kappa shape index (κ3) is 7.67. The summed E-state index contributed by atoms with van der Waals surface area (Å²) in [6.07, 6.45) is 2.03. The van der Waals surface area contributed by atoms with Gasteiger partial charge in [0.15, 0.2) is 0 Å². The summed E-state index contributed by atoms with van der Waals surface area (Å²) in [7, 11) is 0. The minimum atomic E-state index is -0.919. The number of rotatable bonds is 9. The Hall–Kier alpha value is -2.04. The molecule has 5 heteroatoms. The van der Waals surface area contributed by atoms with Crippen molar-refractivity contribution in [3.05, 3.63) is 35.9 Å². The van der Waals surface area contributed by atoms with Gasteiger partial charge in [0.05, 0.1) is 6.42 Å². The molecule has 0 radical (unpaired) electrons. The highest BCUT2D eigenvalue weighted by Gasteiger charge is 2.19. The van der Waals surface area contributed by atoms with Gasteiger partial charge in [0.25, 0.3) is 0 Å². The summed E-state index contributed by atoms with van der Waals surface area (Å²) >= 11 is 0. The Morgan fingerprint density at radius 2 is 1.95 bits per heavy atom. The molecule has 1 rings (SSSR count). The van der Waals surface area contributed by atoms with Gasteiger partial charge in [0, 0.05) is 6.04 Å². The van der Waals surface area contributed by atoms with E-state index >= 15 is 0 Å². The fourth-order valence-electron chi connectivity index (χ4n) is 2.43. The number of nitrogens with one attached hydrogen (secondary N) is 1. The summed E-state index contributed by atoms with van der Waals surface area (Å²) in [6.45, 7) is 4.33. The average molecular weight is 307 g/mol. The van der Waals surface area contributed by atoms with Crippen molar-refractivity contribution in [1.29, 1.82) is 0 Å². The first-order valence-corrected chi connectivity index (χ1v) is 7.70. The van der Waals surface area contributed by atoms with Crippen LogP contribution in [-0.2, 0) is 16.1 Å². The number of benzene rings is 1. The molecule has 0 aliphatic rings. The lowest BCUT2D eigenvalue weighted by atomic mass is 9.95. The lowest BCUT2D eigenvalue weighted by Gasteiger charge is -2.20. The summed E-state index contributed by atoms with van der Waals surface area (Å²) < 4.78 is 5.14. The zero-order valence-electron chi connectivity index (χ0n) is 13.2. The lowest BCUT2D eigenvalue weighted by Crippen LogP contribution is -2.38. The van der Waals surface area contributed by atoms with Crippen molar-refractivity contribution in [3.63, 3.8) is 0 Å². The van der Waals surface area contributed by atoms with E-state index in [2.05, 4.69) is 19.2 Å². The highest BCUT2D eigenvalue weighted by atomic mass is 16.5. The van der Waals surface area contributed by atoms with E-state index in [4.69, 9.17) is 9.84 Å². The lowest BCUT2D eigenvalue weighted by molar-refractivity contribution is -0.137. The molecule has 1 aromatic rings. The molecule has 22 heavy (non-hydrogen) atoms. The first-order chi connectivity index (χ1) is 10.5. The molecule has 0 bridgehead atoms. The molecule has 0 spiro atoms. The third-order valence-electron chi connectivity index (χ3n) is 3.42. The van der Waals surface area contributed by atoms with Crippen molar-refractivity contribution in [1.82, 2.24) is 5.32 Å². The molecule has 2 atom stereocenters. The van der Waals surface area contributed by atoms with Gasteiger partial charge in [-0.25, -0.2) is 4.79 Å². The van der Waals surface area contributed by atoms with E-state index in [0.29, 0.717) is 12.3 Å². The molecular formula is C17H25NO4. The third-order valence-corrected chi connectivity index (χ3v) is 3.42. The van der Waals surface area contributed by atoms with E-state index in [1.54, 1.807) is 0 Å². The van der Waals surface area contributed by atoms with Crippen LogP contribution in [0.3, 0.4) is 0 Å². The van der Waals surface area contributed by atoms with Crippen molar-refractivity contribution in [2.75, 3.05) is 0 Å². The van der Waals surface area contributed by atoms with Crippen molar-refractivity contribution in [2.45, 2.75) is 52.2 Å². The number of amides is 1. The van der Waals surface area contributed by atoms with E-state index in [1.807, 2.05) is 30.3 Å². The minimum Gasteiger partial charge on any atom is -0.481 e. The number of hydrogen-bond donors (Lipinski definition) is 2. The average Bonchev–Trinajstić information content (AvgIpc) is 2.45. The molecule has 0 aliphatic heterocycles. The molecule has 0 unspecified atom stereocenters. The summed E-state index contributed by atoms with van der Waals surface area (Å²) in [6, 6.07) is 8.97. The van der Waals surface area contributed by atoms with Gasteiger partial charge in [-0.05, 0) is 17.9 Å². The zero-order valence-corrected chi connectivity index (χ0v) is 13.2. The van der Waals surface area contributed by atoms with E-state index in [9.17, 15) is 9.59 Å². The number of carbonyl (C=O) groups excluding carboxylic acids is 1. The van der Waals surface area contributed by atoms with Crippen LogP contribution in [0, 0.1) is 5.92 Å². The maximum Gasteiger partial charge on any atom is 0.407 e. The molecule has 1 amide bonds. The number of carboxylic acids is 1. The Balaban J connectivity index is 2.45. The first kappa shape index (κ1) is 18.0. The number of carbonyl (C=O) groups is 2. The zero-order chi connectivity index (χ0) is 16.4.